The number of nitrogens with one attached hydrogen (secondary N) is 1. The molecule has 1 aliphatic heterocycles. The van der Waals surface area contributed by atoms with Crippen molar-refractivity contribution in [1.82, 2.24) is 19.8 Å². The molecule has 6 nitrogen and oxygen atoms in total. The van der Waals surface area contributed by atoms with Crippen LogP contribution in [0.4, 0.5) is 4.79 Å². The summed E-state index contributed by atoms with van der Waals surface area (Å²) >= 11 is 0. The van der Waals surface area contributed by atoms with E-state index in [0.29, 0.717) is 17.8 Å². The fourth-order valence-corrected chi connectivity index (χ4v) is 3.92. The predicted molar refractivity (Wildman–Crippen MR) is 92.4 cm³/mol. The van der Waals surface area contributed by atoms with E-state index < -0.39 is 6.10 Å². The number of likely N-dealkylation sites (tertiary alicyclic amines) is 1. The van der Waals surface area contributed by atoms with E-state index in [1.54, 1.807) is 6.20 Å². The first-order valence-electron chi connectivity index (χ1n) is 9.23. The van der Waals surface area contributed by atoms with Crippen LogP contribution in [0.2, 0.25) is 0 Å². The Balaban J connectivity index is 1.53. The van der Waals surface area contributed by atoms with Crippen molar-refractivity contribution in [2.45, 2.75) is 51.6 Å². The summed E-state index contributed by atoms with van der Waals surface area (Å²) in [5.74, 6) is 0.735. The monoisotopic (exact) mass is 334 g/mol. The van der Waals surface area contributed by atoms with E-state index in [0.717, 1.165) is 25.9 Å². The van der Waals surface area contributed by atoms with Crippen molar-refractivity contribution in [3.05, 3.63) is 18.2 Å². The van der Waals surface area contributed by atoms with Crippen LogP contribution in [0.5, 0.6) is 0 Å². The zero-order valence-corrected chi connectivity index (χ0v) is 14.9. The van der Waals surface area contributed by atoms with Crippen LogP contribution in [-0.2, 0) is 7.05 Å². The van der Waals surface area contributed by atoms with Crippen LogP contribution >= 0.6 is 0 Å². The van der Waals surface area contributed by atoms with Crippen molar-refractivity contribution >= 4 is 6.03 Å². The smallest absolute Gasteiger partial charge is 0.317 e. The zero-order chi connectivity index (χ0) is 17.2. The number of aromatic nitrogens is 2. The van der Waals surface area contributed by atoms with E-state index in [4.69, 9.17) is 0 Å². The Morgan fingerprint density at radius 1 is 1.54 bits per heavy atom. The molecule has 134 valence electrons. The number of aryl methyl sites for hydroxylation is 1. The lowest BCUT2D eigenvalue weighted by atomic mass is 9.92. The topological polar surface area (TPSA) is 70.4 Å². The summed E-state index contributed by atoms with van der Waals surface area (Å²) in [6.45, 7) is 4.37. The van der Waals surface area contributed by atoms with Gasteiger partial charge in [-0.2, -0.15) is 0 Å². The molecular weight excluding hydrogens is 304 g/mol. The minimum absolute atomic E-state index is 0.0223. The highest BCUT2D eigenvalue weighted by molar-refractivity contribution is 5.74. The second kappa shape index (κ2) is 7.13. The van der Waals surface area contributed by atoms with Gasteiger partial charge >= 0.3 is 6.03 Å². The molecule has 0 bridgehead atoms. The van der Waals surface area contributed by atoms with Gasteiger partial charge in [0.15, 0.2) is 0 Å². The normalized spacial score (nSPS) is 23.8. The summed E-state index contributed by atoms with van der Waals surface area (Å²) in [5.41, 5.74) is 0.367. The molecule has 1 saturated carbocycles. The Morgan fingerprint density at radius 2 is 2.33 bits per heavy atom. The van der Waals surface area contributed by atoms with Crippen LogP contribution in [0, 0.1) is 11.3 Å². The maximum Gasteiger partial charge on any atom is 0.317 e. The molecule has 2 fully saturated rings. The average Bonchev–Trinajstić information content (AvgIpc) is 3.23. The van der Waals surface area contributed by atoms with Gasteiger partial charge in [-0.3, -0.25) is 0 Å². The van der Waals surface area contributed by atoms with Crippen LogP contribution in [0.15, 0.2) is 12.4 Å². The summed E-state index contributed by atoms with van der Waals surface area (Å²) in [6, 6.07) is 0.0223. The zero-order valence-electron chi connectivity index (χ0n) is 14.9. The quantitative estimate of drug-likeness (QED) is 0.839. The Labute approximate surface area is 144 Å². The van der Waals surface area contributed by atoms with E-state index in [2.05, 4.69) is 17.2 Å². The van der Waals surface area contributed by atoms with Gasteiger partial charge < -0.3 is 19.9 Å². The van der Waals surface area contributed by atoms with Gasteiger partial charge in [-0.1, -0.05) is 13.3 Å². The van der Waals surface area contributed by atoms with Crippen LogP contribution in [0.3, 0.4) is 0 Å². The molecule has 2 unspecified atom stereocenters. The highest BCUT2D eigenvalue weighted by Crippen LogP contribution is 2.48. The number of hydrogen-bond donors (Lipinski definition) is 2. The molecule has 2 atom stereocenters. The first-order valence-corrected chi connectivity index (χ1v) is 9.23. The molecule has 0 aromatic carbocycles. The molecule has 1 aromatic rings. The van der Waals surface area contributed by atoms with E-state index in [1.165, 1.54) is 25.7 Å². The highest BCUT2D eigenvalue weighted by atomic mass is 16.3. The van der Waals surface area contributed by atoms with Crippen LogP contribution in [-0.4, -0.2) is 45.2 Å². The third kappa shape index (κ3) is 3.74. The van der Waals surface area contributed by atoms with E-state index >= 15 is 0 Å². The SMILES string of the molecule is CCCC1(CNC(=O)N2CCCC(C(O)c3nccn3C)C2)CC1. The lowest BCUT2D eigenvalue weighted by Gasteiger charge is -2.35. The van der Waals surface area contributed by atoms with Crippen molar-refractivity contribution in [1.29, 1.82) is 0 Å². The standard InChI is InChI=1S/C18H30N4O2/c1-3-6-18(7-8-18)13-20-17(24)22-10-4-5-14(12-22)15(23)16-19-9-11-21(16)2/h9,11,14-15,23H,3-8,10,12-13H2,1-2H3,(H,20,24). The number of carbonyl (C=O) groups is 1. The van der Waals surface area contributed by atoms with Crippen LogP contribution in [0.25, 0.3) is 0 Å². The number of hydrogen-bond acceptors (Lipinski definition) is 3. The number of carbonyl (C=O) groups excluding carboxylic acids is 1. The van der Waals surface area contributed by atoms with Crippen molar-refractivity contribution in [2.24, 2.45) is 18.4 Å². The fraction of sp³-hybridized carbons (Fsp3) is 0.778. The predicted octanol–water partition coefficient (Wildman–Crippen LogP) is 2.46. The van der Waals surface area contributed by atoms with Gasteiger partial charge in [-0.05, 0) is 37.5 Å². The van der Waals surface area contributed by atoms with Gasteiger partial charge in [0.2, 0.25) is 0 Å². The third-order valence-corrected chi connectivity index (χ3v) is 5.67. The second-order valence-corrected chi connectivity index (χ2v) is 7.60. The molecule has 3 rings (SSSR count). The Bertz CT molecular complexity index is 567. The molecule has 0 radical (unpaired) electrons. The molecule has 1 aromatic heterocycles. The van der Waals surface area contributed by atoms with Crippen molar-refractivity contribution < 1.29 is 9.90 Å². The molecule has 2 aliphatic rings. The Morgan fingerprint density at radius 3 is 2.96 bits per heavy atom. The molecular formula is C18H30N4O2. The van der Waals surface area contributed by atoms with E-state index in [1.807, 2.05) is 22.7 Å². The van der Waals surface area contributed by atoms with Gasteiger partial charge in [0, 0.05) is 45.0 Å². The average molecular weight is 334 g/mol. The summed E-state index contributed by atoms with van der Waals surface area (Å²) < 4.78 is 1.85. The van der Waals surface area contributed by atoms with Crippen molar-refractivity contribution in [2.75, 3.05) is 19.6 Å². The van der Waals surface area contributed by atoms with Crippen LogP contribution < -0.4 is 5.32 Å². The number of rotatable bonds is 6. The first kappa shape index (κ1) is 17.3. The number of nitrogens with zero attached hydrogens (tertiary/aromatic N) is 3. The number of imidazole rings is 1. The van der Waals surface area contributed by atoms with Gasteiger partial charge in [-0.25, -0.2) is 9.78 Å². The van der Waals surface area contributed by atoms with Crippen molar-refractivity contribution in [3.8, 4) is 0 Å². The Kier molecular flexibility index (Phi) is 5.13. The lowest BCUT2D eigenvalue weighted by Crippen LogP contribution is -2.48. The maximum atomic E-state index is 12.5. The summed E-state index contributed by atoms with van der Waals surface area (Å²) in [7, 11) is 1.89. The van der Waals surface area contributed by atoms with Gasteiger partial charge in [-0.15, -0.1) is 0 Å². The molecule has 2 heterocycles. The van der Waals surface area contributed by atoms with Gasteiger partial charge in [0.05, 0.1) is 0 Å². The lowest BCUT2D eigenvalue weighted by molar-refractivity contribution is 0.0530. The van der Waals surface area contributed by atoms with Crippen LogP contribution in [0.1, 0.15) is 57.4 Å². The first-order chi connectivity index (χ1) is 11.5. The van der Waals surface area contributed by atoms with Gasteiger partial charge in [0.1, 0.15) is 11.9 Å². The fourth-order valence-electron chi connectivity index (χ4n) is 3.92. The minimum Gasteiger partial charge on any atom is -0.385 e. The molecule has 2 amide bonds. The van der Waals surface area contributed by atoms with Gasteiger partial charge in [0.25, 0.3) is 0 Å². The third-order valence-electron chi connectivity index (χ3n) is 5.67. The number of amides is 2. The molecule has 2 N–H and O–H groups in total. The number of urea groups is 1. The molecule has 0 spiro atoms. The van der Waals surface area contributed by atoms with Crippen molar-refractivity contribution in [3.63, 3.8) is 0 Å². The van der Waals surface area contributed by atoms with E-state index in [-0.39, 0.29) is 11.9 Å². The largest absolute Gasteiger partial charge is 0.385 e. The number of aliphatic hydroxyl groups is 1. The highest BCUT2D eigenvalue weighted by Gasteiger charge is 2.42. The summed E-state index contributed by atoms with van der Waals surface area (Å²) in [6.07, 6.45) is 9.64. The molecule has 6 heteroatoms. The number of aliphatic hydroxyl groups excluding tert-OH is 1. The summed E-state index contributed by atoms with van der Waals surface area (Å²) in [4.78, 5) is 18.6. The molecule has 1 saturated heterocycles. The second-order valence-electron chi connectivity index (χ2n) is 7.60. The maximum absolute atomic E-state index is 12.5. The minimum atomic E-state index is -0.615. The Hall–Kier alpha value is -1.56. The number of piperidine rings is 1. The molecule has 1 aliphatic carbocycles. The van der Waals surface area contributed by atoms with E-state index in [9.17, 15) is 9.90 Å². The molecule has 24 heavy (non-hydrogen) atoms. The summed E-state index contributed by atoms with van der Waals surface area (Å²) in [5, 5.41) is 13.7.